The van der Waals surface area contributed by atoms with Crippen LogP contribution in [-0.2, 0) is 0 Å². The minimum Gasteiger partial charge on any atom is -0.392 e. The van der Waals surface area contributed by atoms with Crippen LogP contribution in [0.1, 0.15) is 19.3 Å². The van der Waals surface area contributed by atoms with Gasteiger partial charge >= 0.3 is 0 Å². The Hall–Kier alpha value is -0.560. The van der Waals surface area contributed by atoms with Crippen molar-refractivity contribution in [1.82, 2.24) is 0 Å². The van der Waals surface area contributed by atoms with Gasteiger partial charge in [0, 0.05) is 5.92 Å². The molecule has 3 aliphatic rings. The van der Waals surface area contributed by atoms with Gasteiger partial charge in [-0.2, -0.15) is 0 Å². The van der Waals surface area contributed by atoms with Crippen LogP contribution < -0.4 is 0 Å². The maximum absolute atomic E-state index is 9.59. The monoisotopic (exact) mass is 150 g/mol. The van der Waals surface area contributed by atoms with E-state index in [2.05, 4.69) is 13.2 Å². The van der Waals surface area contributed by atoms with E-state index in [1.165, 1.54) is 12.0 Å². The fourth-order valence-electron chi connectivity index (χ4n) is 2.37. The van der Waals surface area contributed by atoms with Gasteiger partial charge in [-0.3, -0.25) is 0 Å². The van der Waals surface area contributed by atoms with Crippen molar-refractivity contribution < 1.29 is 5.11 Å². The molecule has 0 saturated heterocycles. The zero-order valence-corrected chi connectivity index (χ0v) is 6.71. The molecule has 60 valence electrons. The van der Waals surface area contributed by atoms with Crippen molar-refractivity contribution in [3.63, 3.8) is 0 Å². The molecular formula is C10H14O. The van der Waals surface area contributed by atoms with Crippen molar-refractivity contribution in [3.05, 3.63) is 24.3 Å². The van der Waals surface area contributed by atoms with Crippen LogP contribution in [0.2, 0.25) is 0 Å². The van der Waals surface area contributed by atoms with E-state index >= 15 is 0 Å². The second-order valence-electron chi connectivity index (χ2n) is 3.73. The standard InChI is InChI=1S/C10H14O/c1-6-7(2)9-4-3-8(6)5-10(9)11/h8-11H,1-5H2/t8-,9-,10+/m0/s1. The number of rotatable bonds is 0. The Kier molecular flexibility index (Phi) is 1.43. The molecule has 0 aromatic carbocycles. The van der Waals surface area contributed by atoms with E-state index in [0.717, 1.165) is 18.4 Å². The lowest BCUT2D eigenvalue weighted by Gasteiger charge is -2.43. The van der Waals surface area contributed by atoms with Crippen LogP contribution in [0.4, 0.5) is 0 Å². The molecule has 3 saturated carbocycles. The highest BCUT2D eigenvalue weighted by Crippen LogP contribution is 2.46. The summed E-state index contributed by atoms with van der Waals surface area (Å²) in [6, 6.07) is 0. The van der Waals surface area contributed by atoms with Gasteiger partial charge in [-0.1, -0.05) is 13.2 Å². The topological polar surface area (TPSA) is 20.2 Å². The van der Waals surface area contributed by atoms with Gasteiger partial charge in [-0.05, 0) is 36.3 Å². The number of aliphatic hydroxyl groups is 1. The number of aliphatic hydroxyl groups excluding tert-OH is 1. The molecule has 0 heterocycles. The zero-order chi connectivity index (χ0) is 8.01. The number of hydrogen-bond acceptors (Lipinski definition) is 1. The van der Waals surface area contributed by atoms with Crippen LogP contribution in [-0.4, -0.2) is 11.2 Å². The van der Waals surface area contributed by atoms with E-state index < -0.39 is 0 Å². The second-order valence-corrected chi connectivity index (χ2v) is 3.73. The second kappa shape index (κ2) is 2.21. The summed E-state index contributed by atoms with van der Waals surface area (Å²) in [7, 11) is 0. The SMILES string of the molecule is C=C1C(=C)[C@@H]2CC[C@H]1C[C@H]2O. The van der Waals surface area contributed by atoms with E-state index in [0.29, 0.717) is 11.8 Å². The molecule has 0 aromatic heterocycles. The largest absolute Gasteiger partial charge is 0.392 e. The van der Waals surface area contributed by atoms with Crippen LogP contribution in [0.15, 0.2) is 24.3 Å². The van der Waals surface area contributed by atoms with Crippen molar-refractivity contribution >= 4 is 0 Å². The first-order valence-electron chi connectivity index (χ1n) is 4.26. The molecule has 0 aliphatic heterocycles. The van der Waals surface area contributed by atoms with Gasteiger partial charge in [0.2, 0.25) is 0 Å². The molecule has 0 spiro atoms. The minimum atomic E-state index is -0.133. The molecule has 0 radical (unpaired) electrons. The Bertz CT molecular complexity index is 217. The molecule has 3 fully saturated rings. The lowest BCUT2D eigenvalue weighted by molar-refractivity contribution is 0.0543. The Morgan fingerprint density at radius 1 is 1.18 bits per heavy atom. The predicted octanol–water partition coefficient (Wildman–Crippen LogP) is 1.89. The van der Waals surface area contributed by atoms with Crippen LogP contribution in [0.5, 0.6) is 0 Å². The minimum absolute atomic E-state index is 0.133. The zero-order valence-electron chi connectivity index (χ0n) is 6.71. The molecule has 0 unspecified atom stereocenters. The van der Waals surface area contributed by atoms with E-state index in [1.807, 2.05) is 0 Å². The Morgan fingerprint density at radius 2 is 1.91 bits per heavy atom. The quantitative estimate of drug-likeness (QED) is 0.559. The summed E-state index contributed by atoms with van der Waals surface area (Å²) in [5.74, 6) is 0.856. The molecule has 1 heteroatoms. The molecule has 3 atom stereocenters. The summed E-state index contributed by atoms with van der Waals surface area (Å²) >= 11 is 0. The fourth-order valence-corrected chi connectivity index (χ4v) is 2.37. The molecule has 1 N–H and O–H groups in total. The molecule has 11 heavy (non-hydrogen) atoms. The van der Waals surface area contributed by atoms with Crippen molar-refractivity contribution in [1.29, 1.82) is 0 Å². The molecule has 3 rings (SSSR count). The summed E-state index contributed by atoms with van der Waals surface area (Å²) in [5, 5.41) is 9.59. The predicted molar refractivity (Wildman–Crippen MR) is 45.1 cm³/mol. The van der Waals surface area contributed by atoms with Gasteiger partial charge in [-0.15, -0.1) is 0 Å². The van der Waals surface area contributed by atoms with E-state index in [-0.39, 0.29) is 6.10 Å². The van der Waals surface area contributed by atoms with Crippen molar-refractivity contribution in [2.24, 2.45) is 11.8 Å². The van der Waals surface area contributed by atoms with Crippen LogP contribution in [0.3, 0.4) is 0 Å². The number of hydrogen-bond donors (Lipinski definition) is 1. The highest BCUT2D eigenvalue weighted by molar-refractivity contribution is 5.36. The Morgan fingerprint density at radius 3 is 2.36 bits per heavy atom. The molecular weight excluding hydrogens is 136 g/mol. The Balaban J connectivity index is 2.30. The van der Waals surface area contributed by atoms with E-state index in [9.17, 15) is 5.11 Å². The van der Waals surface area contributed by atoms with Gasteiger partial charge < -0.3 is 5.11 Å². The number of allylic oxidation sites excluding steroid dienone is 1. The highest BCUT2D eigenvalue weighted by atomic mass is 16.3. The van der Waals surface area contributed by atoms with Crippen LogP contribution in [0, 0.1) is 11.8 Å². The number of fused-ring (bicyclic) bond motifs is 3. The smallest absolute Gasteiger partial charge is 0.0614 e. The third-order valence-electron chi connectivity index (χ3n) is 3.17. The molecule has 3 aliphatic carbocycles. The summed E-state index contributed by atoms with van der Waals surface area (Å²) in [5.41, 5.74) is 2.31. The van der Waals surface area contributed by atoms with Gasteiger partial charge in [-0.25, -0.2) is 0 Å². The van der Waals surface area contributed by atoms with Gasteiger partial charge in [0.15, 0.2) is 0 Å². The lowest BCUT2D eigenvalue weighted by Crippen LogP contribution is -2.37. The third-order valence-corrected chi connectivity index (χ3v) is 3.17. The fraction of sp³-hybridized carbons (Fsp3) is 0.600. The Labute approximate surface area is 67.4 Å². The van der Waals surface area contributed by atoms with E-state index in [1.54, 1.807) is 0 Å². The first kappa shape index (κ1) is 7.11. The summed E-state index contributed by atoms with van der Waals surface area (Å²) in [6.45, 7) is 7.97. The van der Waals surface area contributed by atoms with Gasteiger partial charge in [0.1, 0.15) is 0 Å². The van der Waals surface area contributed by atoms with Crippen molar-refractivity contribution in [3.8, 4) is 0 Å². The van der Waals surface area contributed by atoms with E-state index in [4.69, 9.17) is 0 Å². The molecule has 0 amide bonds. The maximum atomic E-state index is 9.59. The summed E-state index contributed by atoms with van der Waals surface area (Å²) < 4.78 is 0. The van der Waals surface area contributed by atoms with Crippen molar-refractivity contribution in [2.45, 2.75) is 25.4 Å². The first-order valence-corrected chi connectivity index (χ1v) is 4.26. The molecule has 2 bridgehead atoms. The highest BCUT2D eigenvalue weighted by Gasteiger charge is 2.39. The molecule has 0 aromatic rings. The normalized spacial score (nSPS) is 43.2. The van der Waals surface area contributed by atoms with Gasteiger partial charge in [0.05, 0.1) is 6.10 Å². The first-order chi connectivity index (χ1) is 5.20. The summed E-state index contributed by atoms with van der Waals surface area (Å²) in [4.78, 5) is 0. The van der Waals surface area contributed by atoms with Crippen LogP contribution >= 0.6 is 0 Å². The van der Waals surface area contributed by atoms with Gasteiger partial charge in [0.25, 0.3) is 0 Å². The average Bonchev–Trinajstić information content (AvgIpc) is 1.99. The maximum Gasteiger partial charge on any atom is 0.0614 e. The molecule has 1 nitrogen and oxygen atoms in total. The lowest BCUT2D eigenvalue weighted by atomic mass is 9.64. The van der Waals surface area contributed by atoms with Crippen LogP contribution in [0.25, 0.3) is 0 Å². The van der Waals surface area contributed by atoms with Crippen molar-refractivity contribution in [2.75, 3.05) is 0 Å². The summed E-state index contributed by atoms with van der Waals surface area (Å²) in [6.07, 6.45) is 3.11. The third kappa shape index (κ3) is 0.875. The average molecular weight is 150 g/mol.